The molecule has 5 heteroatoms. The predicted octanol–water partition coefficient (Wildman–Crippen LogP) is 0.559. The SMILES string of the molecule is CC(C)C(C#N)CNC1CCS(=O)(=O)C1. The number of nitriles is 1. The van der Waals surface area contributed by atoms with Crippen LogP contribution in [0.1, 0.15) is 20.3 Å². The van der Waals surface area contributed by atoms with Gasteiger partial charge in [-0.3, -0.25) is 0 Å². The van der Waals surface area contributed by atoms with Crippen LogP contribution in [0.5, 0.6) is 0 Å². The minimum atomic E-state index is -2.82. The average molecular weight is 230 g/mol. The molecule has 1 N–H and O–H groups in total. The first-order chi connectivity index (χ1) is 6.94. The molecule has 0 amide bonds. The van der Waals surface area contributed by atoms with Gasteiger partial charge in [0, 0.05) is 12.6 Å². The zero-order chi connectivity index (χ0) is 11.5. The Labute approximate surface area is 91.6 Å². The molecule has 0 aromatic carbocycles. The summed E-state index contributed by atoms with van der Waals surface area (Å²) >= 11 is 0. The summed E-state index contributed by atoms with van der Waals surface area (Å²) in [6, 6.07) is 2.28. The smallest absolute Gasteiger partial charge is 0.151 e. The van der Waals surface area contributed by atoms with Crippen molar-refractivity contribution in [2.75, 3.05) is 18.1 Å². The van der Waals surface area contributed by atoms with E-state index in [0.717, 1.165) is 0 Å². The molecule has 0 saturated carbocycles. The van der Waals surface area contributed by atoms with Gasteiger partial charge in [-0.25, -0.2) is 8.42 Å². The van der Waals surface area contributed by atoms with E-state index in [1.807, 2.05) is 13.8 Å². The van der Waals surface area contributed by atoms with Gasteiger partial charge in [0.1, 0.15) is 0 Å². The van der Waals surface area contributed by atoms with Crippen LogP contribution in [-0.4, -0.2) is 32.5 Å². The summed E-state index contributed by atoms with van der Waals surface area (Å²) in [4.78, 5) is 0. The molecular formula is C10H18N2O2S. The average Bonchev–Trinajstić information content (AvgIpc) is 2.46. The second-order valence-electron chi connectivity index (χ2n) is 4.49. The Morgan fingerprint density at radius 1 is 1.53 bits per heavy atom. The van der Waals surface area contributed by atoms with E-state index >= 15 is 0 Å². The lowest BCUT2D eigenvalue weighted by Gasteiger charge is -2.16. The largest absolute Gasteiger partial charge is 0.312 e. The van der Waals surface area contributed by atoms with Crippen molar-refractivity contribution in [2.24, 2.45) is 11.8 Å². The van der Waals surface area contributed by atoms with Gasteiger partial charge < -0.3 is 5.32 Å². The van der Waals surface area contributed by atoms with Crippen molar-refractivity contribution in [3.8, 4) is 6.07 Å². The van der Waals surface area contributed by atoms with Crippen molar-refractivity contribution in [1.82, 2.24) is 5.32 Å². The summed E-state index contributed by atoms with van der Waals surface area (Å²) in [5, 5.41) is 12.0. The van der Waals surface area contributed by atoms with Gasteiger partial charge in [0.25, 0.3) is 0 Å². The van der Waals surface area contributed by atoms with Gasteiger partial charge in [0.05, 0.1) is 23.5 Å². The summed E-state index contributed by atoms with van der Waals surface area (Å²) in [5.41, 5.74) is 0. The molecule has 0 bridgehead atoms. The summed E-state index contributed by atoms with van der Waals surface area (Å²) < 4.78 is 22.4. The first kappa shape index (κ1) is 12.5. The van der Waals surface area contributed by atoms with Gasteiger partial charge in [0.15, 0.2) is 9.84 Å². The van der Waals surface area contributed by atoms with Crippen molar-refractivity contribution < 1.29 is 8.42 Å². The van der Waals surface area contributed by atoms with Crippen molar-refractivity contribution in [2.45, 2.75) is 26.3 Å². The molecular weight excluding hydrogens is 212 g/mol. The monoisotopic (exact) mass is 230 g/mol. The standard InChI is InChI=1S/C10H18N2O2S/c1-8(2)9(5-11)6-12-10-3-4-15(13,14)7-10/h8-10,12H,3-4,6-7H2,1-2H3. The zero-order valence-corrected chi connectivity index (χ0v) is 10.0. The van der Waals surface area contributed by atoms with Gasteiger partial charge in [-0.05, 0) is 12.3 Å². The molecule has 2 atom stereocenters. The maximum absolute atomic E-state index is 11.2. The van der Waals surface area contributed by atoms with Crippen molar-refractivity contribution in [3.05, 3.63) is 0 Å². The normalized spacial score (nSPS) is 26.4. The molecule has 0 aromatic rings. The minimum absolute atomic E-state index is 0.0340. The van der Waals surface area contributed by atoms with Crippen LogP contribution in [0.25, 0.3) is 0 Å². The van der Waals surface area contributed by atoms with E-state index in [9.17, 15) is 8.42 Å². The van der Waals surface area contributed by atoms with E-state index < -0.39 is 9.84 Å². The molecule has 1 heterocycles. The lowest BCUT2D eigenvalue weighted by molar-refractivity contribution is 0.417. The summed E-state index contributed by atoms with van der Waals surface area (Å²) in [5.74, 6) is 0.779. The van der Waals surface area contributed by atoms with Crippen molar-refractivity contribution in [1.29, 1.82) is 5.26 Å². The highest BCUT2D eigenvalue weighted by Gasteiger charge is 2.28. The van der Waals surface area contributed by atoms with E-state index in [2.05, 4.69) is 11.4 Å². The summed E-state index contributed by atoms with van der Waals surface area (Å²) in [7, 11) is -2.82. The molecule has 4 nitrogen and oxygen atoms in total. The molecule has 15 heavy (non-hydrogen) atoms. The number of nitrogens with one attached hydrogen (secondary N) is 1. The highest BCUT2D eigenvalue weighted by atomic mass is 32.2. The molecule has 1 aliphatic heterocycles. The second kappa shape index (κ2) is 4.95. The van der Waals surface area contributed by atoms with Crippen LogP contribution in [0.15, 0.2) is 0 Å². The van der Waals surface area contributed by atoms with Crippen molar-refractivity contribution >= 4 is 9.84 Å². The Balaban J connectivity index is 2.36. The van der Waals surface area contributed by atoms with E-state index in [1.165, 1.54) is 0 Å². The third-order valence-corrected chi connectivity index (χ3v) is 4.60. The lowest BCUT2D eigenvalue weighted by Crippen LogP contribution is -2.35. The number of nitrogens with zero attached hydrogens (tertiary/aromatic N) is 1. The van der Waals surface area contributed by atoms with E-state index in [0.29, 0.717) is 18.9 Å². The molecule has 0 spiro atoms. The number of sulfone groups is 1. The quantitative estimate of drug-likeness (QED) is 0.766. The summed E-state index contributed by atoms with van der Waals surface area (Å²) in [6.07, 6.45) is 0.679. The molecule has 86 valence electrons. The first-order valence-corrected chi connectivity index (χ1v) is 7.10. The Kier molecular flexibility index (Phi) is 4.12. The molecule has 1 rings (SSSR count). The molecule has 1 saturated heterocycles. The molecule has 0 aliphatic carbocycles. The molecule has 1 aliphatic rings. The van der Waals surface area contributed by atoms with Gasteiger partial charge in [-0.15, -0.1) is 0 Å². The van der Waals surface area contributed by atoms with Crippen LogP contribution >= 0.6 is 0 Å². The number of hydrogen-bond donors (Lipinski definition) is 1. The van der Waals surface area contributed by atoms with Crippen LogP contribution in [0.4, 0.5) is 0 Å². The Hall–Kier alpha value is -0.600. The molecule has 0 aromatic heterocycles. The van der Waals surface area contributed by atoms with Crippen LogP contribution in [0.2, 0.25) is 0 Å². The maximum Gasteiger partial charge on any atom is 0.151 e. The number of hydrogen-bond acceptors (Lipinski definition) is 4. The Bertz CT molecular complexity index is 343. The first-order valence-electron chi connectivity index (χ1n) is 5.28. The third-order valence-electron chi connectivity index (χ3n) is 2.83. The molecule has 0 radical (unpaired) electrons. The topological polar surface area (TPSA) is 70.0 Å². The molecule has 1 fully saturated rings. The fourth-order valence-electron chi connectivity index (χ4n) is 1.68. The van der Waals surface area contributed by atoms with Gasteiger partial charge >= 0.3 is 0 Å². The van der Waals surface area contributed by atoms with E-state index in [-0.39, 0.29) is 23.5 Å². The summed E-state index contributed by atoms with van der Waals surface area (Å²) in [6.45, 7) is 4.59. The maximum atomic E-state index is 11.2. The fraction of sp³-hybridized carbons (Fsp3) is 0.900. The Morgan fingerprint density at radius 2 is 2.20 bits per heavy atom. The zero-order valence-electron chi connectivity index (χ0n) is 9.23. The van der Waals surface area contributed by atoms with E-state index in [4.69, 9.17) is 5.26 Å². The van der Waals surface area contributed by atoms with Gasteiger partial charge in [0.2, 0.25) is 0 Å². The van der Waals surface area contributed by atoms with Crippen LogP contribution in [0, 0.1) is 23.2 Å². The number of rotatable bonds is 4. The highest BCUT2D eigenvalue weighted by molar-refractivity contribution is 7.91. The van der Waals surface area contributed by atoms with Gasteiger partial charge in [-0.2, -0.15) is 5.26 Å². The fourth-order valence-corrected chi connectivity index (χ4v) is 3.39. The van der Waals surface area contributed by atoms with Crippen LogP contribution < -0.4 is 5.32 Å². The predicted molar refractivity (Wildman–Crippen MR) is 59.0 cm³/mol. The van der Waals surface area contributed by atoms with Gasteiger partial charge in [-0.1, -0.05) is 13.8 Å². The second-order valence-corrected chi connectivity index (χ2v) is 6.72. The van der Waals surface area contributed by atoms with Crippen LogP contribution in [-0.2, 0) is 9.84 Å². The van der Waals surface area contributed by atoms with Crippen LogP contribution in [0.3, 0.4) is 0 Å². The van der Waals surface area contributed by atoms with Crippen molar-refractivity contribution in [3.63, 3.8) is 0 Å². The molecule has 2 unspecified atom stereocenters. The lowest BCUT2D eigenvalue weighted by atomic mass is 9.97. The Morgan fingerprint density at radius 3 is 2.60 bits per heavy atom. The third kappa shape index (κ3) is 3.80. The van der Waals surface area contributed by atoms with E-state index in [1.54, 1.807) is 0 Å². The minimum Gasteiger partial charge on any atom is -0.312 e. The highest BCUT2D eigenvalue weighted by Crippen LogP contribution is 2.13.